The van der Waals surface area contributed by atoms with Crippen molar-refractivity contribution in [3.05, 3.63) is 70.6 Å². The molecule has 0 amide bonds. The van der Waals surface area contributed by atoms with Gasteiger partial charge in [-0.25, -0.2) is 4.39 Å². The fourth-order valence-corrected chi connectivity index (χ4v) is 3.35. The molecule has 1 aliphatic heterocycles. The van der Waals surface area contributed by atoms with Crippen LogP contribution in [0.3, 0.4) is 0 Å². The Hall–Kier alpha value is -2.36. The van der Waals surface area contributed by atoms with Crippen LogP contribution in [0.1, 0.15) is 17.5 Å². The molecule has 3 nitrogen and oxygen atoms in total. The Balaban J connectivity index is 2.07. The lowest BCUT2D eigenvalue weighted by molar-refractivity contribution is 0.216. The highest BCUT2D eigenvalue weighted by Crippen LogP contribution is 2.49. The Morgan fingerprint density at radius 1 is 1.14 bits per heavy atom. The summed E-state index contributed by atoms with van der Waals surface area (Å²) in [5.74, 6) is 2.65. The Labute approximate surface area is 132 Å². The first-order chi connectivity index (χ1) is 10.8. The first-order valence-electron chi connectivity index (χ1n) is 6.70. The van der Waals surface area contributed by atoms with E-state index in [4.69, 9.17) is 4.84 Å². The largest absolute Gasteiger partial charge is 0.392 e. The first-order valence-corrected chi connectivity index (χ1v) is 7.52. The molecule has 1 aromatic heterocycles. The summed E-state index contributed by atoms with van der Waals surface area (Å²) < 4.78 is 13.2. The molecule has 0 fully saturated rings. The van der Waals surface area contributed by atoms with Crippen molar-refractivity contribution in [2.45, 2.75) is 6.42 Å². The summed E-state index contributed by atoms with van der Waals surface area (Å²) >= 11 is 1.58. The summed E-state index contributed by atoms with van der Waals surface area (Å²) in [7, 11) is 1.49. The molecule has 0 spiro atoms. The molecule has 0 atom stereocenters. The minimum absolute atomic E-state index is 0.241. The fraction of sp³-hybridized carbons (Fsp3) is 0.118. The highest BCUT2D eigenvalue weighted by atomic mass is 32.2. The van der Waals surface area contributed by atoms with Crippen LogP contribution in [0.5, 0.6) is 0 Å². The average Bonchev–Trinajstić information content (AvgIpc) is 2.98. The van der Waals surface area contributed by atoms with Crippen molar-refractivity contribution < 1.29 is 9.23 Å². The van der Waals surface area contributed by atoms with E-state index in [1.807, 2.05) is 12.1 Å². The predicted molar refractivity (Wildman–Crippen MR) is 87.6 cm³/mol. The molecule has 110 valence electrons. The number of benzene rings is 1. The summed E-state index contributed by atoms with van der Waals surface area (Å²) in [6.07, 6.45) is 4.24. The molecule has 1 aliphatic rings. The maximum Gasteiger partial charge on any atom is 0.123 e. The number of rotatable bonds is 3. The monoisotopic (exact) mass is 312 g/mol. The molecular formula is C17H13FN2OS. The van der Waals surface area contributed by atoms with E-state index in [2.05, 4.69) is 16.0 Å². The van der Waals surface area contributed by atoms with Gasteiger partial charge in [0.15, 0.2) is 0 Å². The fourth-order valence-electron chi connectivity index (χ4n) is 2.24. The van der Waals surface area contributed by atoms with Crippen molar-refractivity contribution in [1.82, 2.24) is 4.98 Å². The molecule has 5 heteroatoms. The van der Waals surface area contributed by atoms with E-state index in [-0.39, 0.29) is 5.82 Å². The van der Waals surface area contributed by atoms with Gasteiger partial charge in [-0.3, -0.25) is 4.98 Å². The maximum absolute atomic E-state index is 13.2. The number of hydrogen-bond donors (Lipinski definition) is 0. The summed E-state index contributed by atoms with van der Waals surface area (Å²) in [6, 6.07) is 10.5. The lowest BCUT2D eigenvalue weighted by Gasteiger charge is -2.06. The minimum Gasteiger partial charge on any atom is -0.392 e. The predicted octanol–water partition coefficient (Wildman–Crippen LogP) is 4.34. The van der Waals surface area contributed by atoms with Crippen molar-refractivity contribution in [2.75, 3.05) is 7.11 Å². The van der Waals surface area contributed by atoms with Gasteiger partial charge in [0, 0.05) is 29.6 Å². The number of pyridine rings is 1. The van der Waals surface area contributed by atoms with E-state index >= 15 is 0 Å². The lowest BCUT2D eigenvalue weighted by Crippen LogP contribution is -1.86. The number of thioether (sulfide) groups is 1. The van der Waals surface area contributed by atoms with Crippen molar-refractivity contribution in [3.63, 3.8) is 0 Å². The standard InChI is InChI=1S/C17H13FN2OS/c1-21-20-11-15-10-16(12-6-8-19-9-7-12)17(22-15)13-2-4-14(18)5-3-13/h2-9H,10H2,1H3. The van der Waals surface area contributed by atoms with Gasteiger partial charge in [0.25, 0.3) is 0 Å². The zero-order chi connectivity index (χ0) is 15.4. The SMILES string of the molecule is CON=C=C1CC(c2ccncc2)=C(c2ccc(F)cc2)S1. The number of halogens is 1. The third-order valence-corrected chi connectivity index (χ3v) is 4.40. The number of hydrogen-bond acceptors (Lipinski definition) is 4. The van der Waals surface area contributed by atoms with Crippen LogP contribution >= 0.6 is 11.8 Å². The topological polar surface area (TPSA) is 34.5 Å². The van der Waals surface area contributed by atoms with Gasteiger partial charge < -0.3 is 4.84 Å². The molecule has 0 radical (unpaired) electrons. The van der Waals surface area contributed by atoms with E-state index in [0.717, 1.165) is 26.5 Å². The van der Waals surface area contributed by atoms with Crippen LogP contribution < -0.4 is 0 Å². The van der Waals surface area contributed by atoms with Gasteiger partial charge in [0.2, 0.25) is 0 Å². The van der Waals surface area contributed by atoms with Gasteiger partial charge in [-0.2, -0.15) is 0 Å². The van der Waals surface area contributed by atoms with Crippen molar-refractivity contribution in [2.24, 2.45) is 5.16 Å². The third-order valence-electron chi connectivity index (χ3n) is 3.23. The Morgan fingerprint density at radius 3 is 2.55 bits per heavy atom. The zero-order valence-electron chi connectivity index (χ0n) is 11.9. The highest BCUT2D eigenvalue weighted by Gasteiger charge is 2.22. The second kappa shape index (κ2) is 6.60. The van der Waals surface area contributed by atoms with E-state index in [1.165, 1.54) is 19.2 Å². The molecule has 2 heterocycles. The van der Waals surface area contributed by atoms with Crippen LogP contribution in [0.4, 0.5) is 4.39 Å². The summed E-state index contributed by atoms with van der Waals surface area (Å²) in [4.78, 5) is 10.8. The van der Waals surface area contributed by atoms with Crippen LogP contribution in [-0.2, 0) is 4.84 Å². The molecule has 0 aliphatic carbocycles. The lowest BCUT2D eigenvalue weighted by atomic mass is 10.0. The Morgan fingerprint density at radius 2 is 1.86 bits per heavy atom. The summed E-state index contributed by atoms with van der Waals surface area (Å²) in [6.45, 7) is 0. The van der Waals surface area contributed by atoms with Gasteiger partial charge in [-0.1, -0.05) is 23.9 Å². The molecule has 3 rings (SSSR count). The van der Waals surface area contributed by atoms with Crippen LogP contribution in [0.2, 0.25) is 0 Å². The van der Waals surface area contributed by atoms with Gasteiger partial charge in [-0.15, -0.1) is 0 Å². The normalized spacial score (nSPS) is 14.0. The number of aromatic nitrogens is 1. The van der Waals surface area contributed by atoms with Crippen molar-refractivity contribution >= 4 is 28.1 Å². The van der Waals surface area contributed by atoms with Crippen molar-refractivity contribution in [3.8, 4) is 0 Å². The summed E-state index contributed by atoms with van der Waals surface area (Å²) in [5, 5.41) is 3.72. The van der Waals surface area contributed by atoms with Gasteiger partial charge in [0.1, 0.15) is 12.9 Å². The molecule has 0 N–H and O–H groups in total. The second-order valence-electron chi connectivity index (χ2n) is 4.64. The van der Waals surface area contributed by atoms with Crippen molar-refractivity contribution in [1.29, 1.82) is 0 Å². The zero-order valence-corrected chi connectivity index (χ0v) is 12.7. The molecule has 0 saturated carbocycles. The number of allylic oxidation sites excluding steroid dienone is 2. The number of nitrogens with zero attached hydrogens (tertiary/aromatic N) is 2. The van der Waals surface area contributed by atoms with E-state index in [0.29, 0.717) is 6.42 Å². The molecule has 0 saturated heterocycles. The Kier molecular flexibility index (Phi) is 4.37. The van der Waals surface area contributed by atoms with E-state index in [1.54, 1.807) is 36.3 Å². The second-order valence-corrected chi connectivity index (χ2v) is 5.74. The smallest absolute Gasteiger partial charge is 0.123 e. The quantitative estimate of drug-likeness (QED) is 0.624. The molecule has 0 unspecified atom stereocenters. The van der Waals surface area contributed by atoms with Crippen LogP contribution in [0, 0.1) is 5.82 Å². The highest BCUT2D eigenvalue weighted by molar-refractivity contribution is 8.12. The average molecular weight is 312 g/mol. The molecule has 2 aromatic rings. The molecule has 0 bridgehead atoms. The van der Waals surface area contributed by atoms with E-state index < -0.39 is 0 Å². The molecule has 22 heavy (non-hydrogen) atoms. The van der Waals surface area contributed by atoms with Gasteiger partial charge in [-0.05, 0) is 46.1 Å². The minimum atomic E-state index is -0.241. The van der Waals surface area contributed by atoms with Gasteiger partial charge in [0.05, 0.1) is 4.91 Å². The first kappa shape index (κ1) is 14.6. The van der Waals surface area contributed by atoms with Gasteiger partial charge >= 0.3 is 0 Å². The summed E-state index contributed by atoms with van der Waals surface area (Å²) in [5.41, 5.74) is 3.23. The van der Waals surface area contributed by atoms with Crippen LogP contribution in [-0.4, -0.2) is 18.0 Å². The maximum atomic E-state index is 13.2. The third kappa shape index (κ3) is 3.11. The van der Waals surface area contributed by atoms with Crippen LogP contribution in [0.25, 0.3) is 10.5 Å². The molecular weight excluding hydrogens is 299 g/mol. The molecule has 1 aromatic carbocycles. The van der Waals surface area contributed by atoms with Crippen LogP contribution in [0.15, 0.2) is 58.9 Å². The Bertz CT molecular complexity index is 763. The van der Waals surface area contributed by atoms with E-state index in [9.17, 15) is 4.39 Å².